The number of nitrogens with one attached hydrogen (secondary N) is 2. The van der Waals surface area contributed by atoms with Crippen LogP contribution in [0.25, 0.3) is 0 Å². The number of nitrogens with zero attached hydrogens (tertiary/aromatic N) is 2. The Kier molecular flexibility index (Phi) is 5.94. The molecule has 1 fully saturated rings. The lowest BCUT2D eigenvalue weighted by atomic mass is 9.98. The van der Waals surface area contributed by atoms with Crippen molar-refractivity contribution < 1.29 is 9.53 Å². The van der Waals surface area contributed by atoms with Gasteiger partial charge in [0.2, 0.25) is 17.7 Å². The Balaban J connectivity index is 1.71. The Morgan fingerprint density at radius 1 is 1.37 bits per heavy atom. The fraction of sp³-hybridized carbons (Fsp3) is 0.316. The van der Waals surface area contributed by atoms with Crippen molar-refractivity contribution in [2.45, 2.75) is 31.2 Å². The van der Waals surface area contributed by atoms with Crippen molar-refractivity contribution >= 4 is 39.2 Å². The van der Waals surface area contributed by atoms with E-state index in [1.165, 1.54) is 0 Å². The van der Waals surface area contributed by atoms with Crippen LogP contribution in [-0.2, 0) is 4.79 Å². The first-order chi connectivity index (χ1) is 13.0. The van der Waals surface area contributed by atoms with Crippen LogP contribution >= 0.6 is 15.9 Å². The summed E-state index contributed by atoms with van der Waals surface area (Å²) in [6, 6.07) is 7.27. The van der Waals surface area contributed by atoms with Gasteiger partial charge in [0.1, 0.15) is 0 Å². The fourth-order valence-electron chi connectivity index (χ4n) is 2.92. The number of hydrogen-bond acceptors (Lipinski definition) is 6. The Morgan fingerprint density at radius 3 is 2.85 bits per heavy atom. The van der Waals surface area contributed by atoms with Crippen LogP contribution < -0.4 is 21.1 Å². The minimum Gasteiger partial charge on any atom is -0.464 e. The maximum Gasteiger partial charge on any atom is 0.244 e. The average molecular weight is 430 g/mol. The smallest absolute Gasteiger partial charge is 0.244 e. The molecule has 27 heavy (non-hydrogen) atoms. The first-order valence-electron chi connectivity index (χ1n) is 8.56. The van der Waals surface area contributed by atoms with E-state index < -0.39 is 5.54 Å². The molecule has 1 aliphatic rings. The molecule has 7 nitrogen and oxygen atoms in total. The first kappa shape index (κ1) is 19.1. The van der Waals surface area contributed by atoms with Gasteiger partial charge in [0.15, 0.2) is 6.61 Å². The number of nitrogens with two attached hydrogens (primary N) is 1. The molecular weight excluding hydrogens is 410 g/mol. The minimum absolute atomic E-state index is 0.109. The maximum absolute atomic E-state index is 12.5. The molecular formula is C19H20BrN5O2. The number of benzene rings is 1. The van der Waals surface area contributed by atoms with Crippen LogP contribution in [0.2, 0.25) is 0 Å². The molecule has 0 bridgehead atoms. The zero-order chi connectivity index (χ0) is 19.3. The zero-order valence-corrected chi connectivity index (χ0v) is 16.3. The van der Waals surface area contributed by atoms with Gasteiger partial charge in [-0.15, -0.1) is 6.42 Å². The third-order valence-corrected chi connectivity index (χ3v) is 4.87. The highest BCUT2D eigenvalue weighted by Gasteiger charge is 2.36. The number of halogens is 1. The highest BCUT2D eigenvalue weighted by molar-refractivity contribution is 9.10. The van der Waals surface area contributed by atoms with E-state index in [1.54, 1.807) is 12.3 Å². The molecule has 4 N–H and O–H groups in total. The molecule has 1 amide bonds. The van der Waals surface area contributed by atoms with Crippen LogP contribution in [0.1, 0.15) is 25.7 Å². The van der Waals surface area contributed by atoms with Gasteiger partial charge in [0.05, 0.1) is 16.2 Å². The number of terminal acetylenes is 1. The van der Waals surface area contributed by atoms with Crippen LogP contribution in [0.5, 0.6) is 5.88 Å². The second-order valence-electron chi connectivity index (χ2n) is 6.36. The van der Waals surface area contributed by atoms with Gasteiger partial charge in [-0.25, -0.2) is 4.98 Å². The zero-order valence-electron chi connectivity index (χ0n) is 14.7. The quantitative estimate of drug-likeness (QED) is 0.609. The van der Waals surface area contributed by atoms with Gasteiger partial charge < -0.3 is 21.1 Å². The Bertz CT molecular complexity index is 875. The molecule has 1 aromatic carbocycles. The van der Waals surface area contributed by atoms with Crippen molar-refractivity contribution in [3.8, 4) is 18.2 Å². The number of carbonyl (C=O) groups is 1. The third-order valence-electron chi connectivity index (χ3n) is 4.33. The summed E-state index contributed by atoms with van der Waals surface area (Å²) in [6.07, 6.45) is 10.2. The van der Waals surface area contributed by atoms with Crippen molar-refractivity contribution in [3.63, 3.8) is 0 Å². The van der Waals surface area contributed by atoms with E-state index in [1.807, 2.05) is 18.2 Å². The number of rotatable bonds is 6. The monoisotopic (exact) mass is 429 g/mol. The molecule has 1 saturated carbocycles. The van der Waals surface area contributed by atoms with Crippen molar-refractivity contribution in [2.24, 2.45) is 5.73 Å². The molecule has 3 rings (SSSR count). The summed E-state index contributed by atoms with van der Waals surface area (Å²) in [5, 5.41) is 5.98. The van der Waals surface area contributed by atoms with Crippen LogP contribution in [-0.4, -0.2) is 28.0 Å². The highest BCUT2D eigenvalue weighted by Crippen LogP contribution is 2.29. The van der Waals surface area contributed by atoms with E-state index >= 15 is 0 Å². The van der Waals surface area contributed by atoms with E-state index in [-0.39, 0.29) is 12.5 Å². The number of anilines is 3. The summed E-state index contributed by atoms with van der Waals surface area (Å²) in [5.41, 5.74) is 6.80. The van der Waals surface area contributed by atoms with E-state index in [0.29, 0.717) is 34.8 Å². The normalized spacial score (nSPS) is 15.0. The van der Waals surface area contributed by atoms with Crippen molar-refractivity contribution in [1.82, 2.24) is 9.97 Å². The molecule has 1 heterocycles. The second kappa shape index (κ2) is 8.37. The number of ether oxygens (including phenoxy) is 1. The summed E-state index contributed by atoms with van der Waals surface area (Å²) in [6.45, 7) is 0.109. The Morgan fingerprint density at radius 2 is 2.11 bits per heavy atom. The largest absolute Gasteiger partial charge is 0.464 e. The van der Waals surface area contributed by atoms with Crippen LogP contribution in [0.15, 0.2) is 34.9 Å². The Hall–Kier alpha value is -2.63. The highest BCUT2D eigenvalue weighted by atomic mass is 79.9. The van der Waals surface area contributed by atoms with Crippen molar-refractivity contribution in [2.75, 3.05) is 17.2 Å². The fourth-order valence-corrected chi connectivity index (χ4v) is 3.22. The van der Waals surface area contributed by atoms with Gasteiger partial charge in [0, 0.05) is 11.4 Å². The summed E-state index contributed by atoms with van der Waals surface area (Å²) in [7, 11) is 0. The Labute approximate surface area is 166 Å². The standard InChI is InChI=1S/C19H20BrN5O2/c1-2-10-27-16-15(20)12-22-18(25-16)24-14-7-5-6-13(11-14)23-17(26)19(21)8-3-4-9-19/h1,5-7,11-12H,3-4,8-10,21H2,(H,23,26)(H,22,24,25). The molecule has 0 unspecified atom stereocenters. The van der Waals surface area contributed by atoms with Crippen LogP contribution in [0, 0.1) is 12.3 Å². The predicted octanol–water partition coefficient (Wildman–Crippen LogP) is 3.20. The predicted molar refractivity (Wildman–Crippen MR) is 108 cm³/mol. The van der Waals surface area contributed by atoms with Gasteiger partial charge in [-0.3, -0.25) is 4.79 Å². The molecule has 0 aliphatic heterocycles. The average Bonchev–Trinajstić information content (AvgIpc) is 3.10. The third kappa shape index (κ3) is 4.76. The summed E-state index contributed by atoms with van der Waals surface area (Å²) in [5.74, 6) is 2.93. The summed E-state index contributed by atoms with van der Waals surface area (Å²) < 4.78 is 5.97. The molecule has 1 aromatic heterocycles. The van der Waals surface area contributed by atoms with E-state index in [9.17, 15) is 4.79 Å². The lowest BCUT2D eigenvalue weighted by molar-refractivity contribution is -0.121. The van der Waals surface area contributed by atoms with Gasteiger partial charge in [0.25, 0.3) is 0 Å². The van der Waals surface area contributed by atoms with Gasteiger partial charge in [-0.05, 0) is 47.0 Å². The van der Waals surface area contributed by atoms with Gasteiger partial charge in [-0.2, -0.15) is 4.98 Å². The first-order valence-corrected chi connectivity index (χ1v) is 9.36. The molecule has 2 aromatic rings. The molecule has 140 valence electrons. The van der Waals surface area contributed by atoms with Crippen LogP contribution in [0.3, 0.4) is 0 Å². The summed E-state index contributed by atoms with van der Waals surface area (Å²) >= 11 is 3.32. The topological polar surface area (TPSA) is 102 Å². The lowest BCUT2D eigenvalue weighted by Crippen LogP contribution is -2.48. The molecule has 0 atom stereocenters. The number of amides is 1. The molecule has 1 aliphatic carbocycles. The second-order valence-corrected chi connectivity index (χ2v) is 7.22. The van der Waals surface area contributed by atoms with Gasteiger partial charge >= 0.3 is 0 Å². The number of hydrogen-bond donors (Lipinski definition) is 3. The van der Waals surface area contributed by atoms with Crippen LogP contribution in [0.4, 0.5) is 17.3 Å². The maximum atomic E-state index is 12.5. The van der Waals surface area contributed by atoms with E-state index in [2.05, 4.69) is 42.5 Å². The van der Waals surface area contributed by atoms with Gasteiger partial charge in [-0.1, -0.05) is 24.8 Å². The molecule has 8 heteroatoms. The summed E-state index contributed by atoms with van der Waals surface area (Å²) in [4.78, 5) is 20.9. The van der Waals surface area contributed by atoms with E-state index in [4.69, 9.17) is 16.9 Å². The van der Waals surface area contributed by atoms with Crippen molar-refractivity contribution in [3.05, 3.63) is 34.9 Å². The molecule has 0 saturated heterocycles. The number of aromatic nitrogens is 2. The van der Waals surface area contributed by atoms with E-state index in [0.717, 1.165) is 18.5 Å². The number of carbonyl (C=O) groups excluding carboxylic acids is 1. The lowest BCUT2D eigenvalue weighted by Gasteiger charge is -2.22. The van der Waals surface area contributed by atoms with Crippen molar-refractivity contribution in [1.29, 1.82) is 0 Å². The minimum atomic E-state index is -0.776. The SMILES string of the molecule is C#CCOc1nc(Nc2cccc(NC(=O)C3(N)CCCC3)c2)ncc1Br. The molecule has 0 radical (unpaired) electrons. The molecule has 0 spiro atoms.